The number of anilines is 2. The number of allylic oxidation sites excluding steroid dienone is 2. The molecular formula is C32H31ClF3N8O2+. The predicted octanol–water partition coefficient (Wildman–Crippen LogP) is 5.53. The Bertz CT molecular complexity index is 1840. The molecule has 0 spiro atoms. The summed E-state index contributed by atoms with van der Waals surface area (Å²) in [5.74, 6) is 0.634. The van der Waals surface area contributed by atoms with Gasteiger partial charge in [0.25, 0.3) is 0 Å². The molecule has 6 rings (SSSR count). The number of ether oxygens (including phenoxy) is 2. The largest absolute Gasteiger partial charge is 0.446 e. The van der Waals surface area contributed by atoms with E-state index in [4.69, 9.17) is 26.5 Å². The molecule has 4 N–H and O–H groups in total. The topological polar surface area (TPSA) is 117 Å². The van der Waals surface area contributed by atoms with Crippen molar-refractivity contribution in [3.8, 4) is 5.75 Å². The van der Waals surface area contributed by atoms with Crippen LogP contribution in [0.25, 0.3) is 11.2 Å². The monoisotopic (exact) mass is 651 g/mol. The Hall–Kier alpha value is -4.56. The Morgan fingerprint density at radius 2 is 2.02 bits per heavy atom. The molecule has 4 aromatic rings. The number of nitrogens with two attached hydrogens (primary N) is 1. The quantitative estimate of drug-likeness (QED) is 0.153. The number of benzene rings is 2. The lowest BCUT2D eigenvalue weighted by Crippen LogP contribution is -2.77. The number of rotatable bonds is 10. The maximum atomic E-state index is 14.0. The summed E-state index contributed by atoms with van der Waals surface area (Å²) in [5, 5.41) is 12.7. The molecule has 14 heteroatoms. The molecule has 2 aliphatic heterocycles. The number of nitrogens with one attached hydrogen (secondary N) is 2. The molecule has 2 aromatic carbocycles. The highest BCUT2D eigenvalue weighted by molar-refractivity contribution is 6.36. The van der Waals surface area contributed by atoms with Crippen LogP contribution >= 0.6 is 11.6 Å². The molecule has 46 heavy (non-hydrogen) atoms. The van der Waals surface area contributed by atoms with E-state index in [2.05, 4.69) is 25.2 Å². The third-order valence-electron chi connectivity index (χ3n) is 7.64. The van der Waals surface area contributed by atoms with Crippen molar-refractivity contribution in [2.45, 2.75) is 31.9 Å². The molecule has 0 radical (unpaired) electrons. The van der Waals surface area contributed by atoms with Gasteiger partial charge in [0.15, 0.2) is 17.1 Å². The SMILES string of the molecule is Cn1c(Nc2cc(CN3CCC(OCc4ccccc4)C3)cc(C(F)(F)F)c2)nc2ncc(O/C(C=N)=C3\C=NC=C[NH2+]3)c(Cl)c21. The van der Waals surface area contributed by atoms with Gasteiger partial charge in [0.2, 0.25) is 11.7 Å². The van der Waals surface area contributed by atoms with Crippen LogP contribution in [0, 0.1) is 5.41 Å². The van der Waals surface area contributed by atoms with Gasteiger partial charge in [0.1, 0.15) is 16.7 Å². The fourth-order valence-corrected chi connectivity index (χ4v) is 5.66. The lowest BCUT2D eigenvalue weighted by molar-refractivity contribution is -0.528. The van der Waals surface area contributed by atoms with E-state index in [9.17, 15) is 13.2 Å². The van der Waals surface area contributed by atoms with E-state index in [1.54, 1.807) is 41.6 Å². The van der Waals surface area contributed by atoms with Crippen molar-refractivity contribution in [2.24, 2.45) is 12.0 Å². The zero-order valence-electron chi connectivity index (χ0n) is 24.8. The minimum Gasteiger partial charge on any atom is -0.446 e. The Balaban J connectivity index is 1.21. The summed E-state index contributed by atoms with van der Waals surface area (Å²) in [4.78, 5) is 15.0. The minimum atomic E-state index is -4.54. The van der Waals surface area contributed by atoms with Crippen molar-refractivity contribution in [1.82, 2.24) is 19.4 Å². The number of hydrogen-bond acceptors (Lipinski definition) is 8. The van der Waals surface area contributed by atoms with Crippen LogP contribution in [-0.4, -0.2) is 51.1 Å². The van der Waals surface area contributed by atoms with E-state index in [1.165, 1.54) is 12.3 Å². The first kappa shape index (κ1) is 31.4. The van der Waals surface area contributed by atoms with Gasteiger partial charge in [-0.1, -0.05) is 41.9 Å². The molecule has 1 fully saturated rings. The van der Waals surface area contributed by atoms with Crippen molar-refractivity contribution in [3.63, 3.8) is 0 Å². The van der Waals surface area contributed by atoms with E-state index in [-0.39, 0.29) is 39.9 Å². The van der Waals surface area contributed by atoms with Crippen LogP contribution in [0.3, 0.4) is 0 Å². The van der Waals surface area contributed by atoms with Crippen LogP contribution in [-0.2, 0) is 31.1 Å². The molecular weight excluding hydrogens is 621 g/mol. The summed E-state index contributed by atoms with van der Waals surface area (Å²) < 4.78 is 55.5. The number of quaternary nitrogens is 1. The molecule has 4 heterocycles. The van der Waals surface area contributed by atoms with Crippen molar-refractivity contribution in [1.29, 1.82) is 5.41 Å². The van der Waals surface area contributed by atoms with Crippen molar-refractivity contribution in [2.75, 3.05) is 18.4 Å². The summed E-state index contributed by atoms with van der Waals surface area (Å²) in [6.07, 6.45) is 3.57. The Morgan fingerprint density at radius 1 is 1.20 bits per heavy atom. The number of hydrogen-bond donors (Lipinski definition) is 3. The number of alkyl halides is 3. The van der Waals surface area contributed by atoms with E-state index in [0.29, 0.717) is 36.5 Å². The van der Waals surface area contributed by atoms with Gasteiger partial charge in [0, 0.05) is 32.4 Å². The fraction of sp³-hybridized carbons (Fsp3) is 0.250. The average molecular weight is 652 g/mol. The first-order valence-corrected chi connectivity index (χ1v) is 14.9. The molecule has 0 aliphatic carbocycles. The van der Waals surface area contributed by atoms with Crippen LogP contribution in [0.4, 0.5) is 24.8 Å². The number of imidazole rings is 1. The highest BCUT2D eigenvalue weighted by Crippen LogP contribution is 2.36. The van der Waals surface area contributed by atoms with Gasteiger partial charge < -0.3 is 24.8 Å². The van der Waals surface area contributed by atoms with E-state index >= 15 is 0 Å². The van der Waals surface area contributed by atoms with Crippen LogP contribution in [0.2, 0.25) is 5.02 Å². The van der Waals surface area contributed by atoms with Gasteiger partial charge in [0.05, 0.1) is 43.1 Å². The second kappa shape index (κ2) is 13.4. The molecule has 1 atom stereocenters. The second-order valence-electron chi connectivity index (χ2n) is 10.9. The Labute approximate surface area is 267 Å². The molecule has 10 nitrogen and oxygen atoms in total. The average Bonchev–Trinajstić information content (AvgIpc) is 3.63. The first-order valence-electron chi connectivity index (χ1n) is 14.5. The zero-order valence-corrected chi connectivity index (χ0v) is 25.5. The highest BCUT2D eigenvalue weighted by Gasteiger charge is 2.32. The number of likely N-dealkylation sites (tertiary alicyclic amines) is 1. The van der Waals surface area contributed by atoms with Crippen LogP contribution < -0.4 is 15.4 Å². The van der Waals surface area contributed by atoms with Crippen LogP contribution in [0.5, 0.6) is 5.75 Å². The van der Waals surface area contributed by atoms with Crippen LogP contribution in [0.1, 0.15) is 23.1 Å². The highest BCUT2D eigenvalue weighted by atomic mass is 35.5. The second-order valence-corrected chi connectivity index (χ2v) is 11.3. The fourth-order valence-electron chi connectivity index (χ4n) is 5.37. The van der Waals surface area contributed by atoms with Crippen molar-refractivity contribution >= 4 is 46.8 Å². The summed E-state index contributed by atoms with van der Waals surface area (Å²) in [7, 11) is 1.67. The van der Waals surface area contributed by atoms with E-state index < -0.39 is 11.7 Å². The molecule has 238 valence electrons. The maximum absolute atomic E-state index is 14.0. The standard InChI is InChI=1S/C32H30ClF3N8O2/c1-43-29-28(33)27(46-26(14-37)25-15-38-8-9-39-25)16-40-30(29)42-31(43)41-23-12-21(11-22(13-23)32(34,35)36)17-44-10-7-24(18-44)45-19-20-5-3-2-4-6-20/h2-6,8-9,11-16,24,37,39H,7,10,17-19H2,1H3,(H,40,41,42)/p+1/b26-25+,37-14?. The molecule has 0 bridgehead atoms. The third kappa shape index (κ3) is 7.12. The normalized spacial score (nSPS) is 17.9. The number of aromatic nitrogens is 3. The first-order chi connectivity index (χ1) is 22.2. The molecule has 2 aromatic heterocycles. The van der Waals surface area contributed by atoms with E-state index in [1.807, 2.05) is 30.3 Å². The Morgan fingerprint density at radius 3 is 2.76 bits per heavy atom. The third-order valence-corrected chi connectivity index (χ3v) is 8.01. The summed E-state index contributed by atoms with van der Waals surface area (Å²) >= 11 is 6.70. The molecule has 0 amide bonds. The van der Waals surface area contributed by atoms with Gasteiger partial charge in [-0.25, -0.2) is 4.98 Å². The summed E-state index contributed by atoms with van der Waals surface area (Å²) in [6.45, 7) is 2.18. The Kier molecular flexibility index (Phi) is 9.17. The van der Waals surface area contributed by atoms with E-state index in [0.717, 1.165) is 30.8 Å². The number of fused-ring (bicyclic) bond motifs is 1. The molecule has 2 aliphatic rings. The number of halogens is 4. The van der Waals surface area contributed by atoms with Gasteiger partial charge in [-0.3, -0.25) is 15.2 Å². The van der Waals surface area contributed by atoms with Gasteiger partial charge >= 0.3 is 6.18 Å². The smallest absolute Gasteiger partial charge is 0.416 e. The maximum Gasteiger partial charge on any atom is 0.416 e. The number of aliphatic imine (C=N–C) groups is 1. The summed E-state index contributed by atoms with van der Waals surface area (Å²) in [5.41, 5.74) is 2.30. The summed E-state index contributed by atoms with van der Waals surface area (Å²) in [6, 6.07) is 13.8. The van der Waals surface area contributed by atoms with Gasteiger partial charge in [-0.2, -0.15) is 18.2 Å². The molecule has 1 unspecified atom stereocenters. The molecule has 1 saturated heterocycles. The van der Waals surface area contributed by atoms with Crippen molar-refractivity contribution in [3.05, 3.63) is 100 Å². The molecule has 0 saturated carbocycles. The van der Waals surface area contributed by atoms with Crippen LogP contribution in [0.15, 0.2) is 83.6 Å². The lowest BCUT2D eigenvalue weighted by atomic mass is 10.1. The lowest BCUT2D eigenvalue weighted by Gasteiger charge is -2.19. The minimum absolute atomic E-state index is 0.00626. The van der Waals surface area contributed by atoms with Gasteiger partial charge in [-0.15, -0.1) is 0 Å². The zero-order chi connectivity index (χ0) is 32.3. The number of aryl methyl sites for hydroxylation is 1. The van der Waals surface area contributed by atoms with Gasteiger partial charge in [-0.05, 0) is 35.7 Å². The van der Waals surface area contributed by atoms with Crippen molar-refractivity contribution < 1.29 is 28.0 Å². The predicted molar refractivity (Wildman–Crippen MR) is 169 cm³/mol. The number of pyridine rings is 1. The number of nitrogens with zero attached hydrogens (tertiary/aromatic N) is 5.